The van der Waals surface area contributed by atoms with E-state index in [1.165, 1.54) is 0 Å². The van der Waals surface area contributed by atoms with Crippen LogP contribution in [0.5, 0.6) is 0 Å². The van der Waals surface area contributed by atoms with Crippen LogP contribution in [0.2, 0.25) is 0 Å². The highest BCUT2D eigenvalue weighted by atomic mass is 35.5. The minimum atomic E-state index is 0.268. The highest BCUT2D eigenvalue weighted by Crippen LogP contribution is 2.09. The van der Waals surface area contributed by atoms with E-state index < -0.39 is 0 Å². The van der Waals surface area contributed by atoms with E-state index in [2.05, 4.69) is 10.1 Å². The van der Waals surface area contributed by atoms with Crippen molar-refractivity contribution < 1.29 is 4.52 Å². The average Bonchev–Trinajstić information content (AvgIpc) is 2.50. The van der Waals surface area contributed by atoms with Gasteiger partial charge < -0.3 is 4.52 Å². The predicted octanol–water partition coefficient (Wildman–Crippen LogP) is 2.23. The van der Waals surface area contributed by atoms with Crippen LogP contribution in [0.1, 0.15) is 25.6 Å². The van der Waals surface area contributed by atoms with Gasteiger partial charge in [0.25, 0.3) is 0 Å². The van der Waals surface area contributed by atoms with Gasteiger partial charge >= 0.3 is 0 Å². The van der Waals surface area contributed by atoms with E-state index in [0.717, 1.165) is 5.57 Å². The third kappa shape index (κ3) is 1.80. The summed E-state index contributed by atoms with van der Waals surface area (Å²) in [5.41, 5.74) is 0.991. The Morgan fingerprint density at radius 2 is 2.45 bits per heavy atom. The molecule has 1 rings (SSSR count). The van der Waals surface area contributed by atoms with Gasteiger partial charge in [0.05, 0.1) is 0 Å². The standard InChI is InChI=1S/C7H9ClN2O/c1-3-5(2)7-9-6(4-8)11-10-7/h3H,4H2,1-2H3. The minimum Gasteiger partial charge on any atom is -0.338 e. The van der Waals surface area contributed by atoms with E-state index in [1.807, 2.05) is 19.9 Å². The van der Waals surface area contributed by atoms with Crippen molar-refractivity contribution in [1.82, 2.24) is 10.1 Å². The molecule has 0 unspecified atom stereocenters. The molecule has 0 saturated carbocycles. The van der Waals surface area contributed by atoms with Crippen LogP contribution in [0.3, 0.4) is 0 Å². The Labute approximate surface area is 70.1 Å². The Balaban J connectivity index is 2.89. The molecule has 0 aliphatic carbocycles. The van der Waals surface area contributed by atoms with Crippen molar-refractivity contribution in [3.63, 3.8) is 0 Å². The molecular weight excluding hydrogens is 164 g/mol. The number of hydrogen-bond donors (Lipinski definition) is 0. The molecule has 0 fully saturated rings. The van der Waals surface area contributed by atoms with Gasteiger partial charge in [-0.2, -0.15) is 4.98 Å². The molecule has 0 radical (unpaired) electrons. The molecule has 1 aromatic rings. The van der Waals surface area contributed by atoms with Crippen molar-refractivity contribution in [2.45, 2.75) is 19.7 Å². The SMILES string of the molecule is CC=C(C)c1noc(CCl)n1. The summed E-state index contributed by atoms with van der Waals surface area (Å²) >= 11 is 5.47. The van der Waals surface area contributed by atoms with Crippen molar-refractivity contribution in [2.75, 3.05) is 0 Å². The summed E-state index contributed by atoms with van der Waals surface area (Å²) in [7, 11) is 0. The van der Waals surface area contributed by atoms with E-state index >= 15 is 0 Å². The highest BCUT2D eigenvalue weighted by Gasteiger charge is 2.04. The zero-order chi connectivity index (χ0) is 8.27. The first-order valence-corrected chi connectivity index (χ1v) is 3.83. The molecule has 1 heterocycles. The van der Waals surface area contributed by atoms with Gasteiger partial charge in [-0.15, -0.1) is 11.6 Å². The van der Waals surface area contributed by atoms with Crippen LogP contribution in [0, 0.1) is 0 Å². The van der Waals surface area contributed by atoms with Crippen molar-refractivity contribution in [3.8, 4) is 0 Å². The predicted molar refractivity (Wildman–Crippen MR) is 43.2 cm³/mol. The molecule has 4 heteroatoms. The van der Waals surface area contributed by atoms with Crippen LogP contribution in [0.15, 0.2) is 10.6 Å². The second-order valence-corrected chi connectivity index (χ2v) is 2.38. The molecule has 60 valence electrons. The number of halogens is 1. The summed E-state index contributed by atoms with van der Waals surface area (Å²) in [5.74, 6) is 1.34. The first kappa shape index (κ1) is 8.27. The van der Waals surface area contributed by atoms with Crippen LogP contribution in [0.25, 0.3) is 5.57 Å². The van der Waals surface area contributed by atoms with Crippen LogP contribution in [0.4, 0.5) is 0 Å². The number of hydrogen-bond acceptors (Lipinski definition) is 3. The molecular formula is C7H9ClN2O. The number of alkyl halides is 1. The van der Waals surface area contributed by atoms with E-state index in [4.69, 9.17) is 16.1 Å². The number of rotatable bonds is 2. The van der Waals surface area contributed by atoms with Crippen LogP contribution in [-0.2, 0) is 5.88 Å². The van der Waals surface area contributed by atoms with Gasteiger partial charge in [0.15, 0.2) is 5.82 Å². The summed E-state index contributed by atoms with van der Waals surface area (Å²) < 4.78 is 4.80. The third-order valence-electron chi connectivity index (χ3n) is 1.37. The zero-order valence-electron chi connectivity index (χ0n) is 6.47. The van der Waals surface area contributed by atoms with Gasteiger partial charge in [0.2, 0.25) is 5.89 Å². The molecule has 11 heavy (non-hydrogen) atoms. The monoisotopic (exact) mass is 172 g/mol. The fourth-order valence-electron chi connectivity index (χ4n) is 0.598. The van der Waals surface area contributed by atoms with Crippen LogP contribution in [-0.4, -0.2) is 10.1 Å². The first-order chi connectivity index (χ1) is 5.27. The number of allylic oxidation sites excluding steroid dienone is 2. The lowest BCUT2D eigenvalue weighted by Gasteiger charge is -1.86. The fourth-order valence-corrected chi connectivity index (χ4v) is 0.707. The normalized spacial score (nSPS) is 12.1. The largest absolute Gasteiger partial charge is 0.338 e. The van der Waals surface area contributed by atoms with Gasteiger partial charge in [0, 0.05) is 0 Å². The Hall–Kier alpha value is -0.830. The van der Waals surface area contributed by atoms with Gasteiger partial charge in [-0.3, -0.25) is 0 Å². The second-order valence-electron chi connectivity index (χ2n) is 2.12. The van der Waals surface area contributed by atoms with Gasteiger partial charge in [0.1, 0.15) is 5.88 Å². The Morgan fingerprint density at radius 3 is 2.91 bits per heavy atom. The summed E-state index contributed by atoms with van der Waals surface area (Å²) in [6.45, 7) is 3.84. The summed E-state index contributed by atoms with van der Waals surface area (Å²) in [6.07, 6.45) is 1.92. The van der Waals surface area contributed by atoms with E-state index in [9.17, 15) is 0 Å². The summed E-state index contributed by atoms with van der Waals surface area (Å²) in [5, 5.41) is 3.72. The van der Waals surface area contributed by atoms with Gasteiger partial charge in [-0.25, -0.2) is 0 Å². The first-order valence-electron chi connectivity index (χ1n) is 3.29. The zero-order valence-corrected chi connectivity index (χ0v) is 7.22. The maximum atomic E-state index is 5.47. The smallest absolute Gasteiger partial charge is 0.241 e. The number of nitrogens with zero attached hydrogens (tertiary/aromatic N) is 2. The quantitative estimate of drug-likeness (QED) is 0.643. The fraction of sp³-hybridized carbons (Fsp3) is 0.429. The third-order valence-corrected chi connectivity index (χ3v) is 1.60. The lowest BCUT2D eigenvalue weighted by Crippen LogP contribution is -1.82. The van der Waals surface area contributed by atoms with E-state index in [-0.39, 0.29) is 5.88 Å². The second kappa shape index (κ2) is 3.53. The topological polar surface area (TPSA) is 38.9 Å². The molecule has 0 aromatic carbocycles. The summed E-state index contributed by atoms with van der Waals surface area (Å²) in [4.78, 5) is 4.02. The maximum Gasteiger partial charge on any atom is 0.241 e. The molecule has 0 aliphatic rings. The lowest BCUT2D eigenvalue weighted by molar-refractivity contribution is 0.388. The van der Waals surface area contributed by atoms with Gasteiger partial charge in [-0.05, 0) is 19.4 Å². The molecule has 0 aliphatic heterocycles. The Morgan fingerprint density at radius 1 is 1.73 bits per heavy atom. The molecule has 0 saturated heterocycles. The lowest BCUT2D eigenvalue weighted by atomic mass is 10.3. The Bertz CT molecular complexity index is 267. The van der Waals surface area contributed by atoms with E-state index in [0.29, 0.717) is 11.7 Å². The molecule has 0 atom stereocenters. The molecule has 0 bridgehead atoms. The average molecular weight is 173 g/mol. The molecule has 3 nitrogen and oxygen atoms in total. The van der Waals surface area contributed by atoms with Crippen molar-refractivity contribution >= 4 is 17.2 Å². The minimum absolute atomic E-state index is 0.268. The molecule has 0 N–H and O–H groups in total. The van der Waals surface area contributed by atoms with Crippen LogP contribution >= 0.6 is 11.6 Å². The van der Waals surface area contributed by atoms with E-state index in [1.54, 1.807) is 0 Å². The molecule has 0 amide bonds. The van der Waals surface area contributed by atoms with Crippen molar-refractivity contribution in [3.05, 3.63) is 17.8 Å². The number of aromatic nitrogens is 2. The molecule has 0 spiro atoms. The maximum absolute atomic E-state index is 5.47. The Kier molecular flexibility index (Phi) is 2.65. The van der Waals surface area contributed by atoms with Gasteiger partial charge in [-0.1, -0.05) is 11.2 Å². The molecule has 1 aromatic heterocycles. The highest BCUT2D eigenvalue weighted by molar-refractivity contribution is 6.16. The van der Waals surface area contributed by atoms with Crippen molar-refractivity contribution in [2.24, 2.45) is 0 Å². The van der Waals surface area contributed by atoms with Crippen molar-refractivity contribution in [1.29, 1.82) is 0 Å². The summed E-state index contributed by atoms with van der Waals surface area (Å²) in [6, 6.07) is 0. The van der Waals surface area contributed by atoms with Crippen LogP contribution < -0.4 is 0 Å².